The molecule has 0 aliphatic rings. The highest BCUT2D eigenvalue weighted by Crippen LogP contribution is 2.04. The summed E-state index contributed by atoms with van der Waals surface area (Å²) in [6.07, 6.45) is 7.01. The lowest BCUT2D eigenvalue weighted by molar-refractivity contribution is -0.122. The van der Waals surface area contributed by atoms with Crippen molar-refractivity contribution in [1.82, 2.24) is 15.6 Å². The van der Waals surface area contributed by atoms with E-state index in [1.165, 1.54) is 12.0 Å². The molecule has 0 radical (unpaired) electrons. The number of nitrogens with zero attached hydrogens (tertiary/aromatic N) is 1. The molecule has 0 aliphatic heterocycles. The van der Waals surface area contributed by atoms with Crippen molar-refractivity contribution >= 4 is 5.91 Å². The molecule has 0 fully saturated rings. The van der Waals surface area contributed by atoms with Crippen LogP contribution in [-0.2, 0) is 11.3 Å². The average Bonchev–Trinajstić information content (AvgIpc) is 2.42. The van der Waals surface area contributed by atoms with Crippen LogP contribution in [0, 0.1) is 6.92 Å². The number of amides is 1. The molecule has 0 bridgehead atoms. The first-order chi connectivity index (χ1) is 9.15. The number of carbonyl (C=O) groups is 1. The minimum atomic E-state index is -0.179. The van der Waals surface area contributed by atoms with Gasteiger partial charge in [0.05, 0.1) is 6.04 Å². The SMILES string of the molecule is CCCCCNC(=O)C(C)NCc1cnccc1C. The van der Waals surface area contributed by atoms with E-state index in [1.807, 2.05) is 26.1 Å². The van der Waals surface area contributed by atoms with Gasteiger partial charge in [-0.3, -0.25) is 9.78 Å². The molecule has 1 aromatic rings. The normalized spacial score (nSPS) is 12.2. The van der Waals surface area contributed by atoms with Crippen LogP contribution in [0.4, 0.5) is 0 Å². The topological polar surface area (TPSA) is 54.0 Å². The largest absolute Gasteiger partial charge is 0.355 e. The fourth-order valence-electron chi connectivity index (χ4n) is 1.78. The highest BCUT2D eigenvalue weighted by atomic mass is 16.2. The number of hydrogen-bond donors (Lipinski definition) is 2. The Bertz CT molecular complexity index is 393. The van der Waals surface area contributed by atoms with Gasteiger partial charge in [0.1, 0.15) is 0 Å². The van der Waals surface area contributed by atoms with E-state index in [-0.39, 0.29) is 11.9 Å². The lowest BCUT2D eigenvalue weighted by atomic mass is 10.1. The second kappa shape index (κ2) is 8.64. The predicted octanol–water partition coefficient (Wildman–Crippen LogP) is 2.17. The maximum absolute atomic E-state index is 11.8. The number of aromatic nitrogens is 1. The molecule has 19 heavy (non-hydrogen) atoms. The van der Waals surface area contributed by atoms with Gasteiger partial charge in [-0.1, -0.05) is 19.8 Å². The van der Waals surface area contributed by atoms with Crippen LogP contribution in [0.5, 0.6) is 0 Å². The van der Waals surface area contributed by atoms with Crippen LogP contribution < -0.4 is 10.6 Å². The Hall–Kier alpha value is -1.42. The quantitative estimate of drug-likeness (QED) is 0.707. The van der Waals surface area contributed by atoms with E-state index in [0.717, 1.165) is 24.9 Å². The molecule has 4 heteroatoms. The number of aryl methyl sites for hydroxylation is 1. The standard InChI is InChI=1S/C15H25N3O/c1-4-5-6-8-17-15(19)13(3)18-11-14-10-16-9-7-12(14)2/h7,9-10,13,18H,4-6,8,11H2,1-3H3,(H,17,19). The minimum absolute atomic E-state index is 0.0673. The van der Waals surface area contributed by atoms with Gasteiger partial charge >= 0.3 is 0 Å². The Morgan fingerprint density at radius 2 is 2.21 bits per heavy atom. The summed E-state index contributed by atoms with van der Waals surface area (Å²) < 4.78 is 0. The first-order valence-corrected chi connectivity index (χ1v) is 7.05. The van der Waals surface area contributed by atoms with Crippen molar-refractivity contribution in [1.29, 1.82) is 0 Å². The van der Waals surface area contributed by atoms with Gasteiger partial charge in [-0.15, -0.1) is 0 Å². The first-order valence-electron chi connectivity index (χ1n) is 7.05. The van der Waals surface area contributed by atoms with Gasteiger partial charge in [-0.2, -0.15) is 0 Å². The third-order valence-electron chi connectivity index (χ3n) is 3.22. The summed E-state index contributed by atoms with van der Waals surface area (Å²) in [5, 5.41) is 6.18. The zero-order valence-corrected chi connectivity index (χ0v) is 12.2. The minimum Gasteiger partial charge on any atom is -0.355 e. The maximum Gasteiger partial charge on any atom is 0.236 e. The average molecular weight is 263 g/mol. The van der Waals surface area contributed by atoms with Crippen molar-refractivity contribution in [2.24, 2.45) is 0 Å². The maximum atomic E-state index is 11.8. The molecule has 1 amide bonds. The predicted molar refractivity (Wildman–Crippen MR) is 77.8 cm³/mol. The van der Waals surface area contributed by atoms with Crippen LogP contribution in [0.15, 0.2) is 18.5 Å². The van der Waals surface area contributed by atoms with Crippen molar-refractivity contribution in [2.75, 3.05) is 6.54 Å². The molecule has 1 rings (SSSR count). The molecule has 0 aromatic carbocycles. The van der Waals surface area contributed by atoms with E-state index in [2.05, 4.69) is 22.5 Å². The van der Waals surface area contributed by atoms with Gasteiger partial charge in [-0.25, -0.2) is 0 Å². The van der Waals surface area contributed by atoms with Crippen molar-refractivity contribution in [3.63, 3.8) is 0 Å². The van der Waals surface area contributed by atoms with Crippen LogP contribution in [0.25, 0.3) is 0 Å². The molecular weight excluding hydrogens is 238 g/mol. The number of unbranched alkanes of at least 4 members (excludes halogenated alkanes) is 2. The molecule has 1 unspecified atom stereocenters. The fourth-order valence-corrected chi connectivity index (χ4v) is 1.78. The smallest absolute Gasteiger partial charge is 0.236 e. The lowest BCUT2D eigenvalue weighted by Gasteiger charge is -2.14. The molecule has 2 N–H and O–H groups in total. The van der Waals surface area contributed by atoms with Gasteiger partial charge in [0.2, 0.25) is 5.91 Å². The molecule has 1 aromatic heterocycles. The summed E-state index contributed by atoms with van der Waals surface area (Å²) >= 11 is 0. The third kappa shape index (κ3) is 5.83. The van der Waals surface area contributed by atoms with E-state index < -0.39 is 0 Å². The molecular formula is C15H25N3O. The van der Waals surface area contributed by atoms with Gasteiger partial charge in [0, 0.05) is 25.5 Å². The summed E-state index contributed by atoms with van der Waals surface area (Å²) in [5.74, 6) is 0.0673. The van der Waals surface area contributed by atoms with Crippen molar-refractivity contribution in [3.8, 4) is 0 Å². The Morgan fingerprint density at radius 3 is 2.89 bits per heavy atom. The van der Waals surface area contributed by atoms with Crippen molar-refractivity contribution < 1.29 is 4.79 Å². The van der Waals surface area contributed by atoms with E-state index in [9.17, 15) is 4.79 Å². The molecule has 0 aliphatic carbocycles. The number of hydrogen-bond acceptors (Lipinski definition) is 3. The Kier molecular flexibility index (Phi) is 7.11. The summed E-state index contributed by atoms with van der Waals surface area (Å²) in [6.45, 7) is 7.53. The van der Waals surface area contributed by atoms with E-state index in [1.54, 1.807) is 6.20 Å². The van der Waals surface area contributed by atoms with Crippen LogP contribution in [-0.4, -0.2) is 23.5 Å². The molecule has 1 atom stereocenters. The summed E-state index contributed by atoms with van der Waals surface area (Å²) in [6, 6.07) is 1.80. The summed E-state index contributed by atoms with van der Waals surface area (Å²) in [5.41, 5.74) is 2.33. The number of rotatable bonds is 8. The summed E-state index contributed by atoms with van der Waals surface area (Å²) in [7, 11) is 0. The van der Waals surface area contributed by atoms with Gasteiger partial charge in [-0.05, 0) is 37.5 Å². The highest BCUT2D eigenvalue weighted by molar-refractivity contribution is 5.81. The number of carbonyl (C=O) groups excluding carboxylic acids is 1. The Labute approximate surface area is 116 Å². The third-order valence-corrected chi connectivity index (χ3v) is 3.22. The number of pyridine rings is 1. The molecule has 4 nitrogen and oxygen atoms in total. The van der Waals surface area contributed by atoms with Crippen LogP contribution in [0.1, 0.15) is 44.2 Å². The molecule has 0 saturated heterocycles. The second-order valence-corrected chi connectivity index (χ2v) is 4.90. The van der Waals surface area contributed by atoms with E-state index in [0.29, 0.717) is 6.54 Å². The molecule has 1 heterocycles. The van der Waals surface area contributed by atoms with Crippen LogP contribution in [0.3, 0.4) is 0 Å². The zero-order valence-electron chi connectivity index (χ0n) is 12.2. The van der Waals surface area contributed by atoms with Crippen molar-refractivity contribution in [2.45, 2.75) is 52.6 Å². The van der Waals surface area contributed by atoms with Gasteiger partial charge in [0.25, 0.3) is 0 Å². The van der Waals surface area contributed by atoms with Crippen LogP contribution in [0.2, 0.25) is 0 Å². The first kappa shape index (κ1) is 15.6. The van der Waals surface area contributed by atoms with E-state index >= 15 is 0 Å². The lowest BCUT2D eigenvalue weighted by Crippen LogP contribution is -2.42. The van der Waals surface area contributed by atoms with Gasteiger partial charge in [0.15, 0.2) is 0 Å². The second-order valence-electron chi connectivity index (χ2n) is 4.90. The van der Waals surface area contributed by atoms with Crippen molar-refractivity contribution in [3.05, 3.63) is 29.6 Å². The molecule has 0 saturated carbocycles. The molecule has 0 spiro atoms. The van der Waals surface area contributed by atoms with Gasteiger partial charge < -0.3 is 10.6 Å². The zero-order chi connectivity index (χ0) is 14.1. The Morgan fingerprint density at radius 1 is 1.42 bits per heavy atom. The Balaban J connectivity index is 2.28. The summed E-state index contributed by atoms with van der Waals surface area (Å²) in [4.78, 5) is 15.9. The van der Waals surface area contributed by atoms with Crippen LogP contribution >= 0.6 is 0 Å². The van der Waals surface area contributed by atoms with E-state index in [4.69, 9.17) is 0 Å². The highest BCUT2D eigenvalue weighted by Gasteiger charge is 2.11. The fraction of sp³-hybridized carbons (Fsp3) is 0.600. The number of nitrogens with one attached hydrogen (secondary N) is 2. The molecule has 106 valence electrons. The monoisotopic (exact) mass is 263 g/mol.